The largest absolute Gasteiger partial charge is 0.377 e. The van der Waals surface area contributed by atoms with Crippen molar-refractivity contribution in [1.82, 2.24) is 4.90 Å². The molecule has 3 nitrogen and oxygen atoms in total. The van der Waals surface area contributed by atoms with Gasteiger partial charge in [0.25, 0.3) is 0 Å². The van der Waals surface area contributed by atoms with E-state index in [1.165, 1.54) is 0 Å². The van der Waals surface area contributed by atoms with Crippen molar-refractivity contribution in [2.45, 2.75) is 40.2 Å². The van der Waals surface area contributed by atoms with Crippen molar-refractivity contribution in [2.24, 2.45) is 5.41 Å². The fraction of sp³-hybridized carbons (Fsp3) is 0.917. The van der Waals surface area contributed by atoms with Gasteiger partial charge in [-0.25, -0.2) is 0 Å². The molecule has 0 fully saturated rings. The highest BCUT2D eigenvalue weighted by atomic mass is 16.5. The van der Waals surface area contributed by atoms with Crippen molar-refractivity contribution in [1.29, 1.82) is 5.26 Å². The summed E-state index contributed by atoms with van der Waals surface area (Å²) in [7, 11) is 2.07. The van der Waals surface area contributed by atoms with Gasteiger partial charge in [0.05, 0.1) is 24.2 Å². The minimum absolute atomic E-state index is 0.215. The predicted octanol–water partition coefficient (Wildman–Crippen LogP) is 2.28. The Labute approximate surface area is 94.0 Å². The lowest BCUT2D eigenvalue weighted by molar-refractivity contribution is 0.0626. The van der Waals surface area contributed by atoms with Crippen molar-refractivity contribution in [3.05, 3.63) is 0 Å². The SMILES string of the molecule is CC(C)OCCN(C)CCC(C)(C)C#N. The van der Waals surface area contributed by atoms with E-state index in [1.807, 2.05) is 27.7 Å². The molecule has 0 aliphatic carbocycles. The Hall–Kier alpha value is -0.590. The molecule has 0 bridgehead atoms. The molecule has 3 heteroatoms. The summed E-state index contributed by atoms with van der Waals surface area (Å²) in [6.07, 6.45) is 1.20. The number of hydrogen-bond acceptors (Lipinski definition) is 3. The first-order valence-corrected chi connectivity index (χ1v) is 5.59. The van der Waals surface area contributed by atoms with Crippen molar-refractivity contribution >= 4 is 0 Å². The van der Waals surface area contributed by atoms with Crippen LogP contribution in [-0.4, -0.2) is 37.7 Å². The number of likely N-dealkylation sites (N-methyl/N-ethyl adjacent to an activating group) is 1. The van der Waals surface area contributed by atoms with Crippen LogP contribution in [0, 0.1) is 16.7 Å². The number of hydrogen-bond donors (Lipinski definition) is 0. The van der Waals surface area contributed by atoms with E-state index in [2.05, 4.69) is 18.0 Å². The molecule has 88 valence electrons. The van der Waals surface area contributed by atoms with Crippen LogP contribution in [0.15, 0.2) is 0 Å². The number of nitriles is 1. The van der Waals surface area contributed by atoms with Crippen LogP contribution in [0.5, 0.6) is 0 Å². The summed E-state index contributed by atoms with van der Waals surface area (Å²) in [5.41, 5.74) is -0.215. The Morgan fingerprint density at radius 1 is 1.33 bits per heavy atom. The monoisotopic (exact) mass is 212 g/mol. The molecule has 0 saturated carbocycles. The van der Waals surface area contributed by atoms with Gasteiger partial charge in [-0.1, -0.05) is 0 Å². The van der Waals surface area contributed by atoms with E-state index >= 15 is 0 Å². The van der Waals surface area contributed by atoms with Crippen LogP contribution in [0.3, 0.4) is 0 Å². The second-order valence-corrected chi connectivity index (χ2v) is 4.97. The Kier molecular flexibility index (Phi) is 6.55. The van der Waals surface area contributed by atoms with Gasteiger partial charge in [-0.15, -0.1) is 0 Å². The highest BCUT2D eigenvalue weighted by molar-refractivity contribution is 4.91. The third-order valence-electron chi connectivity index (χ3n) is 2.35. The molecule has 0 spiro atoms. The molecule has 0 atom stereocenters. The van der Waals surface area contributed by atoms with Crippen molar-refractivity contribution < 1.29 is 4.74 Å². The highest BCUT2D eigenvalue weighted by Crippen LogP contribution is 2.18. The maximum absolute atomic E-state index is 8.86. The normalized spacial score (nSPS) is 12.1. The molecule has 0 unspecified atom stereocenters. The van der Waals surface area contributed by atoms with Crippen LogP contribution in [0.4, 0.5) is 0 Å². The number of rotatable bonds is 7. The van der Waals surface area contributed by atoms with Crippen molar-refractivity contribution in [2.75, 3.05) is 26.7 Å². The van der Waals surface area contributed by atoms with E-state index in [9.17, 15) is 0 Å². The summed E-state index contributed by atoms with van der Waals surface area (Å²) in [4.78, 5) is 2.21. The minimum Gasteiger partial charge on any atom is -0.377 e. The summed E-state index contributed by atoms with van der Waals surface area (Å²) >= 11 is 0. The van der Waals surface area contributed by atoms with Gasteiger partial charge in [0.15, 0.2) is 0 Å². The van der Waals surface area contributed by atoms with E-state index in [1.54, 1.807) is 0 Å². The molecule has 0 amide bonds. The molecule has 0 heterocycles. The fourth-order valence-electron chi connectivity index (χ4n) is 1.08. The average Bonchev–Trinajstić information content (AvgIpc) is 2.14. The van der Waals surface area contributed by atoms with Gasteiger partial charge in [-0.3, -0.25) is 0 Å². The number of nitrogens with zero attached hydrogens (tertiary/aromatic N) is 2. The lowest BCUT2D eigenvalue weighted by atomic mass is 9.91. The molecule has 0 saturated heterocycles. The molecule has 0 aromatic carbocycles. The Bertz CT molecular complexity index is 206. The van der Waals surface area contributed by atoms with E-state index in [0.29, 0.717) is 6.10 Å². The van der Waals surface area contributed by atoms with Gasteiger partial charge in [0.2, 0.25) is 0 Å². The topological polar surface area (TPSA) is 36.3 Å². The van der Waals surface area contributed by atoms with Gasteiger partial charge in [-0.2, -0.15) is 5.26 Å². The quantitative estimate of drug-likeness (QED) is 0.649. The van der Waals surface area contributed by atoms with Gasteiger partial charge in [0.1, 0.15) is 0 Å². The molecule has 0 aromatic heterocycles. The summed E-state index contributed by atoms with van der Waals surface area (Å²) < 4.78 is 5.46. The first-order chi connectivity index (χ1) is 6.87. The summed E-state index contributed by atoms with van der Waals surface area (Å²) in [6, 6.07) is 2.31. The minimum atomic E-state index is -0.215. The third-order valence-corrected chi connectivity index (χ3v) is 2.35. The zero-order valence-corrected chi connectivity index (χ0v) is 10.7. The maximum atomic E-state index is 8.86. The molecule has 0 aliphatic heterocycles. The van der Waals surface area contributed by atoms with Crippen LogP contribution in [-0.2, 0) is 4.74 Å². The fourth-order valence-corrected chi connectivity index (χ4v) is 1.08. The average molecular weight is 212 g/mol. The molecule has 0 N–H and O–H groups in total. The van der Waals surface area contributed by atoms with Crippen LogP contribution in [0.25, 0.3) is 0 Å². The lowest BCUT2D eigenvalue weighted by Gasteiger charge is -2.21. The van der Waals surface area contributed by atoms with Gasteiger partial charge in [0, 0.05) is 6.54 Å². The molecule has 0 aromatic rings. The van der Waals surface area contributed by atoms with Gasteiger partial charge in [-0.05, 0) is 47.7 Å². The molecule has 15 heavy (non-hydrogen) atoms. The second-order valence-electron chi connectivity index (χ2n) is 4.97. The molecule has 0 radical (unpaired) electrons. The van der Waals surface area contributed by atoms with E-state index in [4.69, 9.17) is 10.00 Å². The van der Waals surface area contributed by atoms with E-state index in [-0.39, 0.29) is 5.41 Å². The summed E-state index contributed by atoms with van der Waals surface area (Å²) in [6.45, 7) is 10.7. The Morgan fingerprint density at radius 2 is 1.93 bits per heavy atom. The third kappa shape index (κ3) is 8.41. The Morgan fingerprint density at radius 3 is 2.40 bits per heavy atom. The molecule has 0 rings (SSSR count). The molecular formula is C12H24N2O. The Balaban J connectivity index is 3.59. The first kappa shape index (κ1) is 14.4. The van der Waals surface area contributed by atoms with E-state index < -0.39 is 0 Å². The van der Waals surface area contributed by atoms with Crippen molar-refractivity contribution in [3.63, 3.8) is 0 Å². The predicted molar refractivity (Wildman–Crippen MR) is 62.6 cm³/mol. The second kappa shape index (κ2) is 6.81. The van der Waals surface area contributed by atoms with Gasteiger partial charge >= 0.3 is 0 Å². The first-order valence-electron chi connectivity index (χ1n) is 5.59. The standard InChI is InChI=1S/C12H24N2O/c1-11(2)15-9-8-14(5)7-6-12(3,4)10-13/h11H,6-9H2,1-5H3. The van der Waals surface area contributed by atoms with Crippen LogP contribution in [0.1, 0.15) is 34.1 Å². The lowest BCUT2D eigenvalue weighted by Crippen LogP contribution is -2.28. The summed E-state index contributed by atoms with van der Waals surface area (Å²) in [5.74, 6) is 0. The smallest absolute Gasteiger partial charge is 0.0684 e. The van der Waals surface area contributed by atoms with Crippen molar-refractivity contribution in [3.8, 4) is 6.07 Å². The van der Waals surface area contributed by atoms with Crippen LogP contribution < -0.4 is 0 Å². The molecule has 0 aliphatic rings. The van der Waals surface area contributed by atoms with Crippen LogP contribution in [0.2, 0.25) is 0 Å². The number of ether oxygens (including phenoxy) is 1. The zero-order chi connectivity index (χ0) is 11.9. The highest BCUT2D eigenvalue weighted by Gasteiger charge is 2.16. The van der Waals surface area contributed by atoms with Gasteiger partial charge < -0.3 is 9.64 Å². The zero-order valence-electron chi connectivity index (χ0n) is 10.7. The molecular weight excluding hydrogens is 188 g/mol. The maximum Gasteiger partial charge on any atom is 0.0684 e. The van der Waals surface area contributed by atoms with Crippen LogP contribution >= 0.6 is 0 Å². The summed E-state index contributed by atoms with van der Waals surface area (Å²) in [5, 5.41) is 8.86. The van der Waals surface area contributed by atoms with E-state index in [0.717, 1.165) is 26.1 Å².